The Labute approximate surface area is 126 Å². The minimum Gasteiger partial charge on any atom is -0.508 e. The third-order valence-electron chi connectivity index (χ3n) is 3.54. The number of aromatic nitrogens is 3. The summed E-state index contributed by atoms with van der Waals surface area (Å²) >= 11 is 1.83. The van der Waals surface area contributed by atoms with E-state index in [4.69, 9.17) is 5.10 Å². The number of aromatic hydroxyl groups is 1. The fraction of sp³-hybridized carbons (Fsp3) is 0.125. The van der Waals surface area contributed by atoms with E-state index in [1.807, 2.05) is 36.0 Å². The first-order valence-corrected chi connectivity index (χ1v) is 7.75. The molecule has 0 unspecified atom stereocenters. The molecule has 104 valence electrons. The number of hydrogen-bond donors (Lipinski definition) is 1. The minimum absolute atomic E-state index is 0.258. The molecule has 0 fully saturated rings. The second-order valence-corrected chi connectivity index (χ2v) is 5.97. The van der Waals surface area contributed by atoms with Crippen LogP contribution in [0.4, 0.5) is 0 Å². The summed E-state index contributed by atoms with van der Waals surface area (Å²) in [6.45, 7) is 0.927. The molecule has 0 amide bonds. The Balaban J connectivity index is 1.96. The minimum atomic E-state index is 0.258. The molecule has 1 aromatic carbocycles. The average molecular weight is 295 g/mol. The normalized spacial score (nSPS) is 13.3. The van der Waals surface area contributed by atoms with Crippen molar-refractivity contribution in [2.24, 2.45) is 0 Å². The molecule has 0 saturated heterocycles. The summed E-state index contributed by atoms with van der Waals surface area (Å²) < 4.78 is 2.06. The van der Waals surface area contributed by atoms with Gasteiger partial charge in [-0.15, -0.1) is 11.8 Å². The van der Waals surface area contributed by atoms with Gasteiger partial charge in [-0.1, -0.05) is 12.1 Å². The van der Waals surface area contributed by atoms with Gasteiger partial charge in [0.25, 0.3) is 0 Å². The van der Waals surface area contributed by atoms with E-state index in [-0.39, 0.29) is 5.75 Å². The third kappa shape index (κ3) is 2.10. The molecule has 1 aliphatic rings. The number of aryl methyl sites for hydroxylation is 1. The Bertz CT molecular complexity index is 799. The van der Waals surface area contributed by atoms with E-state index in [1.54, 1.807) is 24.5 Å². The predicted octanol–water partition coefficient (Wildman–Crippen LogP) is 3.42. The molecule has 1 N–H and O–H groups in total. The van der Waals surface area contributed by atoms with Crippen molar-refractivity contribution in [3.63, 3.8) is 0 Å². The largest absolute Gasteiger partial charge is 0.508 e. The standard InChI is InChI=1S/C16H13N3OS/c20-13-3-1-2-12(10-13)15-14(11-4-6-17-7-5-11)16-19(18-15)8-9-21-16/h1-7,10,20H,8-9H2. The fourth-order valence-corrected chi connectivity index (χ4v) is 3.71. The van der Waals surface area contributed by atoms with Gasteiger partial charge in [0.1, 0.15) is 16.5 Å². The molecule has 0 atom stereocenters. The van der Waals surface area contributed by atoms with E-state index >= 15 is 0 Å². The summed E-state index contributed by atoms with van der Waals surface area (Å²) in [5.41, 5.74) is 4.09. The number of phenolic OH excluding ortho intramolecular Hbond substituents is 1. The van der Waals surface area contributed by atoms with Gasteiger partial charge in [-0.05, 0) is 29.8 Å². The van der Waals surface area contributed by atoms with Gasteiger partial charge in [0.05, 0.1) is 6.54 Å². The van der Waals surface area contributed by atoms with E-state index < -0.39 is 0 Å². The molecule has 3 aromatic rings. The van der Waals surface area contributed by atoms with Crippen LogP contribution in [-0.2, 0) is 6.54 Å². The summed E-state index contributed by atoms with van der Waals surface area (Å²) in [6.07, 6.45) is 3.59. The lowest BCUT2D eigenvalue weighted by Gasteiger charge is -2.05. The molecule has 0 saturated carbocycles. The Morgan fingerprint density at radius 1 is 1.10 bits per heavy atom. The topological polar surface area (TPSA) is 50.9 Å². The van der Waals surface area contributed by atoms with Crippen molar-refractivity contribution in [3.05, 3.63) is 48.8 Å². The lowest BCUT2D eigenvalue weighted by atomic mass is 10.0. The zero-order valence-electron chi connectivity index (χ0n) is 11.2. The van der Waals surface area contributed by atoms with E-state index in [9.17, 15) is 5.11 Å². The first-order valence-electron chi connectivity index (χ1n) is 6.76. The van der Waals surface area contributed by atoms with E-state index in [2.05, 4.69) is 9.67 Å². The molecular formula is C16H13N3OS. The Morgan fingerprint density at radius 3 is 2.76 bits per heavy atom. The van der Waals surface area contributed by atoms with Gasteiger partial charge in [-0.2, -0.15) is 5.10 Å². The number of hydrogen-bond acceptors (Lipinski definition) is 4. The maximum atomic E-state index is 9.73. The summed E-state index contributed by atoms with van der Waals surface area (Å²) in [6, 6.07) is 11.3. The Hall–Kier alpha value is -2.27. The maximum absolute atomic E-state index is 9.73. The lowest BCUT2D eigenvalue weighted by Crippen LogP contribution is -1.95. The molecule has 4 rings (SSSR count). The zero-order valence-corrected chi connectivity index (χ0v) is 12.0. The highest BCUT2D eigenvalue weighted by Gasteiger charge is 2.24. The van der Waals surface area contributed by atoms with Crippen LogP contribution < -0.4 is 0 Å². The summed E-state index contributed by atoms with van der Waals surface area (Å²) in [7, 11) is 0. The number of benzene rings is 1. The van der Waals surface area contributed by atoms with Crippen molar-refractivity contribution in [3.8, 4) is 28.1 Å². The van der Waals surface area contributed by atoms with Gasteiger partial charge in [-0.3, -0.25) is 9.67 Å². The summed E-state index contributed by atoms with van der Waals surface area (Å²) in [4.78, 5) is 4.09. The van der Waals surface area contributed by atoms with Crippen molar-refractivity contribution in [2.75, 3.05) is 5.75 Å². The van der Waals surface area contributed by atoms with Gasteiger partial charge in [0.15, 0.2) is 0 Å². The van der Waals surface area contributed by atoms with E-state index in [1.165, 1.54) is 5.03 Å². The highest BCUT2D eigenvalue weighted by Crippen LogP contribution is 2.42. The van der Waals surface area contributed by atoms with Gasteiger partial charge in [-0.25, -0.2) is 0 Å². The van der Waals surface area contributed by atoms with Crippen LogP contribution in [0.5, 0.6) is 5.75 Å². The van der Waals surface area contributed by atoms with Crippen LogP contribution in [-0.4, -0.2) is 25.6 Å². The van der Waals surface area contributed by atoms with Crippen LogP contribution in [0, 0.1) is 0 Å². The number of nitrogens with zero attached hydrogens (tertiary/aromatic N) is 3. The number of fused-ring (bicyclic) bond motifs is 1. The summed E-state index contributed by atoms with van der Waals surface area (Å²) in [5, 5.41) is 15.7. The molecular weight excluding hydrogens is 282 g/mol. The SMILES string of the molecule is Oc1cccc(-c2nn3c(c2-c2ccncc2)SCC3)c1. The molecule has 2 aromatic heterocycles. The van der Waals surface area contributed by atoms with Gasteiger partial charge >= 0.3 is 0 Å². The average Bonchev–Trinajstić information content (AvgIpc) is 3.08. The molecule has 3 heterocycles. The lowest BCUT2D eigenvalue weighted by molar-refractivity contribution is 0.475. The van der Waals surface area contributed by atoms with Crippen LogP contribution in [0.3, 0.4) is 0 Å². The first kappa shape index (κ1) is 12.5. The second kappa shape index (κ2) is 4.93. The van der Waals surface area contributed by atoms with Crippen molar-refractivity contribution in [1.82, 2.24) is 14.8 Å². The maximum Gasteiger partial charge on any atom is 0.116 e. The number of pyridine rings is 1. The number of thioether (sulfide) groups is 1. The predicted molar refractivity (Wildman–Crippen MR) is 83.3 cm³/mol. The molecule has 5 heteroatoms. The molecule has 4 nitrogen and oxygen atoms in total. The molecule has 0 aliphatic carbocycles. The fourth-order valence-electron chi connectivity index (χ4n) is 2.61. The van der Waals surface area contributed by atoms with Crippen molar-refractivity contribution in [2.45, 2.75) is 11.6 Å². The highest BCUT2D eigenvalue weighted by molar-refractivity contribution is 7.99. The van der Waals surface area contributed by atoms with E-state index in [0.29, 0.717) is 0 Å². The summed E-state index contributed by atoms with van der Waals surface area (Å²) in [5.74, 6) is 1.31. The van der Waals surface area contributed by atoms with Crippen molar-refractivity contribution >= 4 is 11.8 Å². The smallest absolute Gasteiger partial charge is 0.116 e. The number of rotatable bonds is 2. The molecule has 0 spiro atoms. The Morgan fingerprint density at radius 2 is 1.95 bits per heavy atom. The second-order valence-electron chi connectivity index (χ2n) is 4.89. The van der Waals surface area contributed by atoms with Gasteiger partial charge in [0, 0.05) is 29.3 Å². The van der Waals surface area contributed by atoms with Gasteiger partial charge in [0.2, 0.25) is 0 Å². The first-order chi connectivity index (χ1) is 10.3. The molecule has 21 heavy (non-hydrogen) atoms. The van der Waals surface area contributed by atoms with Crippen LogP contribution in [0.2, 0.25) is 0 Å². The number of phenols is 1. The third-order valence-corrected chi connectivity index (χ3v) is 4.61. The van der Waals surface area contributed by atoms with E-state index in [0.717, 1.165) is 34.7 Å². The molecule has 0 radical (unpaired) electrons. The van der Waals surface area contributed by atoms with Crippen LogP contribution >= 0.6 is 11.8 Å². The molecule has 0 bridgehead atoms. The van der Waals surface area contributed by atoms with Crippen molar-refractivity contribution < 1.29 is 5.11 Å². The Kier molecular flexibility index (Phi) is 2.93. The van der Waals surface area contributed by atoms with Crippen molar-refractivity contribution in [1.29, 1.82) is 0 Å². The van der Waals surface area contributed by atoms with Crippen LogP contribution in [0.15, 0.2) is 53.8 Å². The molecule has 1 aliphatic heterocycles. The van der Waals surface area contributed by atoms with Crippen LogP contribution in [0.1, 0.15) is 0 Å². The van der Waals surface area contributed by atoms with Gasteiger partial charge < -0.3 is 5.11 Å². The zero-order chi connectivity index (χ0) is 14.2. The quantitative estimate of drug-likeness (QED) is 0.787. The highest BCUT2D eigenvalue weighted by atomic mass is 32.2. The monoisotopic (exact) mass is 295 g/mol. The van der Waals surface area contributed by atoms with Crippen LogP contribution in [0.25, 0.3) is 22.4 Å².